The molecule has 0 aliphatic heterocycles. The van der Waals surface area contributed by atoms with Crippen molar-refractivity contribution in [2.24, 2.45) is 5.92 Å². The molecule has 0 saturated heterocycles. The van der Waals surface area contributed by atoms with E-state index in [0.717, 1.165) is 65.5 Å². The lowest BCUT2D eigenvalue weighted by molar-refractivity contribution is 0.0250. The summed E-state index contributed by atoms with van der Waals surface area (Å²) in [5, 5.41) is 8.00. The van der Waals surface area contributed by atoms with Gasteiger partial charge in [0.2, 0.25) is 0 Å². The standard InChI is InChI=1S/C31H40BrFN8O2/c1-31(2,3)43-30(42)39(14-11-21-5-8-23(33)9-6-21)12-4-13-40(25-16-37-38-17-25)18-22-7-10-24(15-22)41-19-26(32)27-28(34)35-20-36-29(27)41/h5-6,8-9,16-17,19-20,22,24H,4,7,10-15,18H2,1-3H3,(H,37,38)(H2,34,35,36)/t22-,24+/m1/s1. The van der Waals surface area contributed by atoms with E-state index in [0.29, 0.717) is 37.3 Å². The molecule has 2 atom stereocenters. The van der Waals surface area contributed by atoms with E-state index in [1.165, 1.54) is 18.5 Å². The topological polar surface area (TPSA) is 118 Å². The zero-order chi connectivity index (χ0) is 30.6. The molecule has 0 spiro atoms. The fraction of sp³-hybridized carbons (Fsp3) is 0.484. The number of fused-ring (bicyclic) bond motifs is 1. The van der Waals surface area contributed by atoms with Crippen LogP contribution in [-0.2, 0) is 11.2 Å². The van der Waals surface area contributed by atoms with Crippen molar-refractivity contribution in [1.29, 1.82) is 0 Å². The highest BCUT2D eigenvalue weighted by Crippen LogP contribution is 2.40. The van der Waals surface area contributed by atoms with Gasteiger partial charge in [-0.3, -0.25) is 5.10 Å². The summed E-state index contributed by atoms with van der Waals surface area (Å²) in [6.07, 6.45) is 11.6. The second-order valence-electron chi connectivity index (χ2n) is 12.3. The zero-order valence-electron chi connectivity index (χ0n) is 25.0. The lowest BCUT2D eigenvalue weighted by atomic mass is 10.1. The van der Waals surface area contributed by atoms with Crippen LogP contribution in [0.3, 0.4) is 0 Å². The molecule has 5 rings (SSSR count). The first-order chi connectivity index (χ1) is 20.6. The van der Waals surface area contributed by atoms with Gasteiger partial charge in [-0.15, -0.1) is 0 Å². The number of carbonyl (C=O) groups excluding carboxylic acids is 1. The fourth-order valence-corrected chi connectivity index (χ4v) is 6.45. The molecule has 230 valence electrons. The predicted octanol–water partition coefficient (Wildman–Crippen LogP) is 6.36. The third-order valence-electron chi connectivity index (χ3n) is 7.92. The predicted molar refractivity (Wildman–Crippen MR) is 169 cm³/mol. The van der Waals surface area contributed by atoms with E-state index in [4.69, 9.17) is 10.5 Å². The van der Waals surface area contributed by atoms with Crippen molar-refractivity contribution in [3.63, 3.8) is 0 Å². The van der Waals surface area contributed by atoms with Crippen molar-refractivity contribution in [3.8, 4) is 0 Å². The summed E-state index contributed by atoms with van der Waals surface area (Å²) < 4.78 is 22.2. The zero-order valence-corrected chi connectivity index (χ0v) is 26.6. The van der Waals surface area contributed by atoms with Gasteiger partial charge in [0.1, 0.15) is 29.2 Å². The van der Waals surface area contributed by atoms with Gasteiger partial charge >= 0.3 is 6.09 Å². The number of nitrogens with two attached hydrogens (primary N) is 1. The number of nitrogens with one attached hydrogen (secondary N) is 1. The van der Waals surface area contributed by atoms with E-state index in [2.05, 4.69) is 51.8 Å². The monoisotopic (exact) mass is 654 g/mol. The highest BCUT2D eigenvalue weighted by atomic mass is 79.9. The quantitative estimate of drug-likeness (QED) is 0.193. The van der Waals surface area contributed by atoms with Crippen LogP contribution in [0.1, 0.15) is 58.1 Å². The summed E-state index contributed by atoms with van der Waals surface area (Å²) >= 11 is 3.64. The second kappa shape index (κ2) is 13.3. The van der Waals surface area contributed by atoms with Gasteiger partial charge in [0.25, 0.3) is 0 Å². The summed E-state index contributed by atoms with van der Waals surface area (Å²) in [5.74, 6) is 0.694. The number of amides is 1. The number of halogens is 2. The Morgan fingerprint density at radius 3 is 2.70 bits per heavy atom. The normalized spacial score (nSPS) is 17.0. The number of nitrogen functional groups attached to an aromatic ring is 1. The molecule has 3 N–H and O–H groups in total. The Kier molecular flexibility index (Phi) is 9.53. The molecule has 10 nitrogen and oxygen atoms in total. The summed E-state index contributed by atoms with van der Waals surface area (Å²) in [7, 11) is 0. The van der Waals surface area contributed by atoms with Crippen molar-refractivity contribution in [2.75, 3.05) is 36.8 Å². The maximum Gasteiger partial charge on any atom is 0.410 e. The molecule has 1 fully saturated rings. The minimum atomic E-state index is -0.592. The molecule has 1 amide bonds. The van der Waals surface area contributed by atoms with Crippen LogP contribution in [0, 0.1) is 11.7 Å². The Labute approximate surface area is 259 Å². The third-order valence-corrected chi connectivity index (χ3v) is 8.52. The van der Waals surface area contributed by atoms with E-state index in [1.54, 1.807) is 17.0 Å². The largest absolute Gasteiger partial charge is 0.444 e. The third kappa shape index (κ3) is 7.84. The van der Waals surface area contributed by atoms with Crippen LogP contribution in [0.15, 0.2) is 53.7 Å². The van der Waals surface area contributed by atoms with E-state index in [9.17, 15) is 9.18 Å². The molecule has 3 aromatic heterocycles. The lowest BCUT2D eigenvalue weighted by Crippen LogP contribution is -2.40. The maximum atomic E-state index is 13.4. The van der Waals surface area contributed by atoms with Crippen LogP contribution < -0.4 is 10.6 Å². The molecular formula is C31H40BrFN8O2. The number of hydrogen-bond acceptors (Lipinski definition) is 7. The SMILES string of the molecule is CC(C)(C)OC(=O)N(CCCN(C[C@@H]1CC[C@H](n2cc(Br)c3c(N)ncnc32)C1)c1cn[nH]c1)CCc1ccc(F)cc1. The summed E-state index contributed by atoms with van der Waals surface area (Å²) in [5.41, 5.74) is 8.41. The minimum absolute atomic E-state index is 0.270. The van der Waals surface area contributed by atoms with Crippen LogP contribution in [0.5, 0.6) is 0 Å². The molecular weight excluding hydrogens is 615 g/mol. The average molecular weight is 656 g/mol. The summed E-state index contributed by atoms with van der Waals surface area (Å²) in [4.78, 5) is 25.9. The van der Waals surface area contributed by atoms with Crippen molar-refractivity contribution in [1.82, 2.24) is 29.6 Å². The molecule has 0 unspecified atom stereocenters. The molecule has 1 aliphatic rings. The van der Waals surface area contributed by atoms with Gasteiger partial charge in [-0.05, 0) is 92.4 Å². The fourth-order valence-electron chi connectivity index (χ4n) is 5.85. The number of rotatable bonds is 11. The van der Waals surface area contributed by atoms with Crippen LogP contribution in [0.25, 0.3) is 11.0 Å². The minimum Gasteiger partial charge on any atom is -0.444 e. The number of hydrogen-bond donors (Lipinski definition) is 2. The number of ether oxygens (including phenoxy) is 1. The van der Waals surface area contributed by atoms with E-state index in [1.807, 2.05) is 33.2 Å². The molecule has 3 heterocycles. The number of benzene rings is 1. The number of carbonyl (C=O) groups is 1. The van der Waals surface area contributed by atoms with Gasteiger partial charge in [-0.1, -0.05) is 12.1 Å². The number of nitrogens with zero attached hydrogens (tertiary/aromatic N) is 6. The van der Waals surface area contributed by atoms with Crippen LogP contribution in [-0.4, -0.2) is 67.5 Å². The van der Waals surface area contributed by atoms with Crippen molar-refractivity contribution in [3.05, 3.63) is 65.0 Å². The van der Waals surface area contributed by atoms with Gasteiger partial charge in [0.05, 0.1) is 17.3 Å². The van der Waals surface area contributed by atoms with Crippen LogP contribution in [0.4, 0.5) is 20.7 Å². The van der Waals surface area contributed by atoms with E-state index >= 15 is 0 Å². The van der Waals surface area contributed by atoms with Gasteiger partial charge in [-0.25, -0.2) is 19.2 Å². The van der Waals surface area contributed by atoms with Gasteiger partial charge in [0.15, 0.2) is 0 Å². The Hall–Kier alpha value is -3.67. The van der Waals surface area contributed by atoms with E-state index in [-0.39, 0.29) is 11.9 Å². The van der Waals surface area contributed by atoms with Crippen molar-refractivity contribution >= 4 is 44.6 Å². The number of aromatic amines is 1. The van der Waals surface area contributed by atoms with Gasteiger partial charge < -0.3 is 24.8 Å². The molecule has 12 heteroatoms. The van der Waals surface area contributed by atoms with Crippen molar-refractivity contribution < 1.29 is 13.9 Å². The summed E-state index contributed by atoms with van der Waals surface area (Å²) in [6, 6.07) is 6.74. The summed E-state index contributed by atoms with van der Waals surface area (Å²) in [6.45, 7) is 8.29. The van der Waals surface area contributed by atoms with Gasteiger partial charge in [0, 0.05) is 49.1 Å². The molecule has 1 aliphatic carbocycles. The molecule has 43 heavy (non-hydrogen) atoms. The molecule has 4 aromatic rings. The average Bonchev–Trinajstić information content (AvgIpc) is 3.71. The number of H-pyrrole nitrogens is 1. The second-order valence-corrected chi connectivity index (χ2v) is 13.1. The lowest BCUT2D eigenvalue weighted by Gasteiger charge is -2.30. The van der Waals surface area contributed by atoms with Crippen molar-refractivity contribution in [2.45, 2.75) is 64.5 Å². The first-order valence-electron chi connectivity index (χ1n) is 14.8. The molecule has 1 saturated carbocycles. The van der Waals surface area contributed by atoms with Crippen LogP contribution in [0.2, 0.25) is 0 Å². The van der Waals surface area contributed by atoms with Crippen LogP contribution >= 0.6 is 15.9 Å². The Balaban J connectivity index is 1.22. The first kappa shape index (κ1) is 30.8. The van der Waals surface area contributed by atoms with Gasteiger partial charge in [-0.2, -0.15) is 5.10 Å². The first-order valence-corrected chi connectivity index (χ1v) is 15.6. The molecule has 1 aromatic carbocycles. The Morgan fingerprint density at radius 2 is 1.98 bits per heavy atom. The number of aromatic nitrogens is 5. The molecule has 0 bridgehead atoms. The highest BCUT2D eigenvalue weighted by Gasteiger charge is 2.30. The Morgan fingerprint density at radius 1 is 1.19 bits per heavy atom. The van der Waals surface area contributed by atoms with E-state index < -0.39 is 5.60 Å². The smallest absolute Gasteiger partial charge is 0.410 e. The Bertz CT molecular complexity index is 1500. The maximum absolute atomic E-state index is 13.4. The number of anilines is 2. The molecule has 0 radical (unpaired) electrons. The highest BCUT2D eigenvalue weighted by molar-refractivity contribution is 9.10.